The lowest BCUT2D eigenvalue weighted by Gasteiger charge is -2.14. The van der Waals surface area contributed by atoms with Crippen LogP contribution in [0.5, 0.6) is 5.88 Å². The first kappa shape index (κ1) is 15.3. The van der Waals surface area contributed by atoms with Crippen molar-refractivity contribution >= 4 is 22.6 Å². The first-order valence-corrected chi connectivity index (χ1v) is 5.25. The van der Waals surface area contributed by atoms with Crippen LogP contribution >= 0.6 is 22.6 Å². The highest BCUT2D eigenvalue weighted by molar-refractivity contribution is 14.1. The van der Waals surface area contributed by atoms with Crippen molar-refractivity contribution in [1.29, 1.82) is 0 Å². The molecule has 0 saturated carbocycles. The number of nitrogens with zero attached hydrogens (tertiary/aromatic N) is 1. The third-order valence-electron chi connectivity index (χ3n) is 1.67. The van der Waals surface area contributed by atoms with Crippen LogP contribution in [0.15, 0.2) is 6.07 Å². The summed E-state index contributed by atoms with van der Waals surface area (Å²) in [6, 6.07) is 0.602. The van der Waals surface area contributed by atoms with E-state index < -0.39 is 34.3 Å². The lowest BCUT2D eigenvalue weighted by atomic mass is 10.2. The van der Waals surface area contributed by atoms with Gasteiger partial charge in [0.05, 0.1) is 6.61 Å². The third kappa shape index (κ3) is 3.86. The Hall–Kier alpha value is -0.780. The highest BCUT2D eigenvalue weighted by Crippen LogP contribution is 2.35. The van der Waals surface area contributed by atoms with Crippen molar-refractivity contribution in [3.05, 3.63) is 20.9 Å². The summed E-state index contributed by atoms with van der Waals surface area (Å²) in [5.41, 5.74) is -1.88. The van der Waals surface area contributed by atoms with Crippen molar-refractivity contribution in [1.82, 2.24) is 4.98 Å². The predicted octanol–water partition coefficient (Wildman–Crippen LogP) is 3.10. The minimum atomic E-state index is -5.16. The summed E-state index contributed by atoms with van der Waals surface area (Å²) in [4.78, 5) is 2.75. The van der Waals surface area contributed by atoms with Gasteiger partial charge in [-0.25, -0.2) is 4.98 Å². The predicted molar refractivity (Wildman–Crippen MR) is 54.6 cm³/mol. The average molecular weight is 387 g/mol. The van der Waals surface area contributed by atoms with Gasteiger partial charge in [0.2, 0.25) is 5.88 Å². The van der Waals surface area contributed by atoms with Crippen molar-refractivity contribution in [3.63, 3.8) is 0 Å². The van der Waals surface area contributed by atoms with Crippen LogP contribution in [0.25, 0.3) is 0 Å². The molecule has 0 fully saturated rings. The maximum atomic E-state index is 12.5. The Morgan fingerprint density at radius 3 is 2.17 bits per heavy atom. The molecule has 0 saturated heterocycles. The average Bonchev–Trinajstić information content (AvgIpc) is 2.16. The topological polar surface area (TPSA) is 42.4 Å². The molecule has 0 amide bonds. The van der Waals surface area contributed by atoms with Gasteiger partial charge >= 0.3 is 12.5 Å². The monoisotopic (exact) mass is 387 g/mol. The largest absolute Gasteiger partial charge is 0.574 e. The Morgan fingerprint density at radius 1 is 1.22 bits per heavy atom. The number of hydrogen-bond acceptors (Lipinski definition) is 3. The zero-order valence-electron chi connectivity index (χ0n) is 8.23. The van der Waals surface area contributed by atoms with Gasteiger partial charge < -0.3 is 9.84 Å². The zero-order valence-corrected chi connectivity index (χ0v) is 10.4. The number of ether oxygens (including phenoxy) is 1. The Kier molecular flexibility index (Phi) is 4.30. The van der Waals surface area contributed by atoms with Gasteiger partial charge in [-0.05, 0) is 28.2 Å². The molecular formula is C8H4F6INO2. The fourth-order valence-corrected chi connectivity index (χ4v) is 1.78. The molecule has 0 atom stereocenters. The number of alkyl halides is 6. The molecule has 0 aliphatic heterocycles. The number of aliphatic hydroxyl groups is 1. The van der Waals surface area contributed by atoms with Gasteiger partial charge in [-0.3, -0.25) is 0 Å². The standard InChI is InChI=1S/C8H4F6INO2/c9-7(10,11)6-5(15)3(2-17)1-4(16-6)18-8(12,13)14/h1,17H,2H2. The number of aromatic nitrogens is 1. The molecule has 0 bridgehead atoms. The van der Waals surface area contributed by atoms with Crippen molar-refractivity contribution in [3.8, 4) is 5.88 Å². The molecule has 1 N–H and O–H groups in total. The fourth-order valence-electron chi connectivity index (χ4n) is 1.03. The summed E-state index contributed by atoms with van der Waals surface area (Å²) in [5, 5.41) is 8.79. The van der Waals surface area contributed by atoms with Crippen molar-refractivity contribution in [2.75, 3.05) is 0 Å². The van der Waals surface area contributed by atoms with Crippen LogP contribution in [0.2, 0.25) is 0 Å². The Bertz CT molecular complexity index is 444. The number of hydrogen-bond donors (Lipinski definition) is 1. The molecule has 0 aliphatic rings. The molecule has 10 heteroatoms. The quantitative estimate of drug-likeness (QED) is 0.627. The van der Waals surface area contributed by atoms with E-state index in [0.717, 1.165) is 0 Å². The SMILES string of the molecule is OCc1cc(OC(F)(F)F)nc(C(F)(F)F)c1I. The molecule has 1 aromatic rings. The molecule has 3 nitrogen and oxygen atoms in total. The van der Waals surface area contributed by atoms with Gasteiger partial charge in [0.1, 0.15) is 0 Å². The smallest absolute Gasteiger partial charge is 0.392 e. The van der Waals surface area contributed by atoms with Gasteiger partial charge in [-0.1, -0.05) is 0 Å². The Balaban J connectivity index is 3.31. The van der Waals surface area contributed by atoms with Gasteiger partial charge in [0, 0.05) is 9.64 Å². The van der Waals surface area contributed by atoms with Gasteiger partial charge in [-0.15, -0.1) is 13.2 Å². The first-order valence-electron chi connectivity index (χ1n) is 4.18. The van der Waals surface area contributed by atoms with Gasteiger partial charge in [-0.2, -0.15) is 13.2 Å². The van der Waals surface area contributed by atoms with E-state index in [1.165, 1.54) is 22.6 Å². The molecule has 0 aromatic carbocycles. The summed E-state index contributed by atoms with van der Waals surface area (Å²) in [7, 11) is 0. The van der Waals surface area contributed by atoms with Crippen molar-refractivity contribution < 1.29 is 36.2 Å². The molecule has 1 heterocycles. The Labute approximate surface area is 110 Å². The number of rotatable bonds is 2. The second-order valence-electron chi connectivity index (χ2n) is 2.99. The van der Waals surface area contributed by atoms with E-state index in [4.69, 9.17) is 5.11 Å². The van der Waals surface area contributed by atoms with E-state index in [0.29, 0.717) is 6.07 Å². The maximum Gasteiger partial charge on any atom is 0.574 e. The molecule has 18 heavy (non-hydrogen) atoms. The third-order valence-corrected chi connectivity index (χ3v) is 2.87. The van der Waals surface area contributed by atoms with E-state index in [2.05, 4.69) is 9.72 Å². The van der Waals surface area contributed by atoms with Crippen molar-refractivity contribution in [2.24, 2.45) is 0 Å². The molecule has 0 radical (unpaired) electrons. The van der Waals surface area contributed by atoms with Crippen LogP contribution in [0, 0.1) is 3.57 Å². The minimum absolute atomic E-state index is 0.350. The number of aliphatic hydroxyl groups excluding tert-OH is 1. The molecule has 0 aliphatic carbocycles. The summed E-state index contributed by atoms with van der Waals surface area (Å²) in [5.74, 6) is -1.26. The van der Waals surface area contributed by atoms with Crippen LogP contribution in [0.1, 0.15) is 11.3 Å². The lowest BCUT2D eigenvalue weighted by molar-refractivity contribution is -0.276. The van der Waals surface area contributed by atoms with E-state index in [1.54, 1.807) is 0 Å². The minimum Gasteiger partial charge on any atom is -0.392 e. The van der Waals surface area contributed by atoms with Crippen LogP contribution in [-0.4, -0.2) is 16.5 Å². The summed E-state index contributed by atoms with van der Waals surface area (Å²) in [6.07, 6.45) is -10.1. The van der Waals surface area contributed by atoms with Crippen LogP contribution in [0.3, 0.4) is 0 Å². The van der Waals surface area contributed by atoms with Crippen molar-refractivity contribution in [2.45, 2.75) is 19.1 Å². The molecule has 1 rings (SSSR count). The lowest BCUT2D eigenvalue weighted by Crippen LogP contribution is -2.20. The highest BCUT2D eigenvalue weighted by atomic mass is 127. The normalized spacial score (nSPS) is 12.7. The second kappa shape index (κ2) is 5.07. The van der Waals surface area contributed by atoms with Crippen LogP contribution in [-0.2, 0) is 12.8 Å². The van der Waals surface area contributed by atoms with E-state index in [-0.39, 0.29) is 5.56 Å². The highest BCUT2D eigenvalue weighted by Gasteiger charge is 2.38. The van der Waals surface area contributed by atoms with Gasteiger partial charge in [0.15, 0.2) is 5.69 Å². The summed E-state index contributed by atoms with van der Waals surface area (Å²) < 4.78 is 76.0. The molecular weight excluding hydrogens is 383 g/mol. The van der Waals surface area contributed by atoms with Crippen LogP contribution < -0.4 is 4.74 Å². The maximum absolute atomic E-state index is 12.5. The van der Waals surface area contributed by atoms with E-state index >= 15 is 0 Å². The fraction of sp³-hybridized carbons (Fsp3) is 0.375. The first-order chi connectivity index (χ1) is 8.04. The molecule has 0 spiro atoms. The van der Waals surface area contributed by atoms with E-state index in [9.17, 15) is 26.3 Å². The Morgan fingerprint density at radius 2 is 1.78 bits per heavy atom. The molecule has 1 aromatic heterocycles. The zero-order chi connectivity index (χ0) is 14.1. The molecule has 0 unspecified atom stereocenters. The second-order valence-corrected chi connectivity index (χ2v) is 4.06. The number of halogens is 7. The summed E-state index contributed by atoms with van der Waals surface area (Å²) in [6.45, 7) is -0.863. The molecule has 102 valence electrons. The number of pyridine rings is 1. The van der Waals surface area contributed by atoms with Crippen LogP contribution in [0.4, 0.5) is 26.3 Å². The summed E-state index contributed by atoms with van der Waals surface area (Å²) >= 11 is 1.24. The van der Waals surface area contributed by atoms with E-state index in [1.807, 2.05) is 0 Å². The van der Waals surface area contributed by atoms with Gasteiger partial charge in [0.25, 0.3) is 0 Å².